The lowest BCUT2D eigenvalue weighted by molar-refractivity contribution is -0.121. The number of hydrogen-bond acceptors (Lipinski definition) is 2. The Bertz CT molecular complexity index is 241. The lowest BCUT2D eigenvalue weighted by atomic mass is 9.92. The molecule has 3 aliphatic rings. The zero-order valence-corrected chi connectivity index (χ0v) is 8.74. The van der Waals surface area contributed by atoms with E-state index < -0.39 is 0 Å². The van der Waals surface area contributed by atoms with Gasteiger partial charge >= 0.3 is 0 Å². The summed E-state index contributed by atoms with van der Waals surface area (Å²) in [6.45, 7) is 1.34. The number of ketones is 1. The van der Waals surface area contributed by atoms with E-state index in [1.54, 1.807) is 0 Å². The van der Waals surface area contributed by atoms with Gasteiger partial charge in [0.25, 0.3) is 0 Å². The summed E-state index contributed by atoms with van der Waals surface area (Å²) in [4.78, 5) is 13.9. The van der Waals surface area contributed by atoms with Crippen molar-refractivity contribution in [3.8, 4) is 0 Å². The smallest absolute Gasteiger partial charge is 0.133 e. The van der Waals surface area contributed by atoms with Crippen LogP contribution >= 0.6 is 0 Å². The van der Waals surface area contributed by atoms with Crippen LogP contribution in [0, 0.1) is 5.92 Å². The number of nitrogens with zero attached hydrogens (tertiary/aromatic N) is 1. The minimum absolute atomic E-state index is 0.491. The molecule has 0 radical (unpaired) electrons. The normalized spacial score (nSPS) is 39.6. The Morgan fingerprint density at radius 1 is 1.00 bits per heavy atom. The van der Waals surface area contributed by atoms with Gasteiger partial charge in [0, 0.05) is 31.5 Å². The van der Waals surface area contributed by atoms with Crippen LogP contribution in [0.15, 0.2) is 0 Å². The summed E-state index contributed by atoms with van der Waals surface area (Å²) in [5.41, 5.74) is 0. The molecule has 0 spiro atoms. The average Bonchev–Trinajstić information content (AvgIpc) is 2.80. The fourth-order valence-electron chi connectivity index (χ4n) is 3.67. The Kier molecular flexibility index (Phi) is 2.12. The van der Waals surface area contributed by atoms with Crippen molar-refractivity contribution in [2.24, 2.45) is 5.92 Å². The Hall–Kier alpha value is -0.370. The number of rotatable bonds is 1. The maximum absolute atomic E-state index is 11.2. The maximum Gasteiger partial charge on any atom is 0.133 e. The van der Waals surface area contributed by atoms with Crippen LogP contribution in [0.1, 0.15) is 44.9 Å². The summed E-state index contributed by atoms with van der Waals surface area (Å²) in [7, 11) is 0. The van der Waals surface area contributed by atoms with E-state index in [4.69, 9.17) is 0 Å². The standard InChI is InChI=1S/C12H19NO/c14-12-5-3-10(4-6-12)13-8-9-1-2-11(13)7-9/h9-11H,1-8H2. The van der Waals surface area contributed by atoms with Gasteiger partial charge in [0.1, 0.15) is 5.78 Å². The second-order valence-electron chi connectivity index (χ2n) is 5.30. The molecule has 0 aromatic carbocycles. The summed E-state index contributed by atoms with van der Waals surface area (Å²) < 4.78 is 0. The van der Waals surface area contributed by atoms with Crippen molar-refractivity contribution < 1.29 is 4.79 Å². The van der Waals surface area contributed by atoms with E-state index in [2.05, 4.69) is 4.90 Å². The Labute approximate surface area is 85.7 Å². The van der Waals surface area contributed by atoms with Crippen molar-refractivity contribution in [3.05, 3.63) is 0 Å². The molecular formula is C12H19NO. The molecule has 0 aromatic heterocycles. The highest BCUT2D eigenvalue weighted by atomic mass is 16.1. The minimum Gasteiger partial charge on any atom is -0.300 e. The number of carbonyl (C=O) groups is 1. The van der Waals surface area contributed by atoms with Gasteiger partial charge in [0.15, 0.2) is 0 Å². The van der Waals surface area contributed by atoms with Crippen molar-refractivity contribution in [2.45, 2.75) is 57.0 Å². The second kappa shape index (κ2) is 3.34. The van der Waals surface area contributed by atoms with Crippen molar-refractivity contribution >= 4 is 5.78 Å². The molecule has 14 heavy (non-hydrogen) atoms. The molecule has 2 nitrogen and oxygen atoms in total. The van der Waals surface area contributed by atoms with Gasteiger partial charge in [0.2, 0.25) is 0 Å². The highest BCUT2D eigenvalue weighted by molar-refractivity contribution is 5.79. The molecule has 2 saturated carbocycles. The van der Waals surface area contributed by atoms with Crippen molar-refractivity contribution in [2.75, 3.05) is 6.54 Å². The minimum atomic E-state index is 0.491. The third kappa shape index (κ3) is 1.40. The summed E-state index contributed by atoms with van der Waals surface area (Å²) in [6.07, 6.45) is 8.31. The predicted octanol–water partition coefficient (Wildman–Crippen LogP) is 1.98. The van der Waals surface area contributed by atoms with Gasteiger partial charge in [-0.1, -0.05) is 0 Å². The summed E-state index contributed by atoms with van der Waals surface area (Å²) >= 11 is 0. The lowest BCUT2D eigenvalue weighted by Crippen LogP contribution is -2.42. The first-order chi connectivity index (χ1) is 6.83. The van der Waals surface area contributed by atoms with Crippen LogP contribution in [-0.2, 0) is 4.79 Å². The average molecular weight is 193 g/mol. The number of Topliss-reactive ketones (excluding diaryl/α,β-unsaturated/α-hetero) is 1. The lowest BCUT2D eigenvalue weighted by Gasteiger charge is -2.36. The van der Waals surface area contributed by atoms with E-state index in [9.17, 15) is 4.79 Å². The Balaban J connectivity index is 1.63. The summed E-state index contributed by atoms with van der Waals surface area (Å²) in [5, 5.41) is 0. The van der Waals surface area contributed by atoms with Crippen LogP contribution in [0.5, 0.6) is 0 Å². The zero-order valence-electron chi connectivity index (χ0n) is 8.74. The van der Waals surface area contributed by atoms with Gasteiger partial charge in [-0.05, 0) is 38.0 Å². The van der Waals surface area contributed by atoms with Crippen molar-refractivity contribution in [1.29, 1.82) is 0 Å². The van der Waals surface area contributed by atoms with E-state index in [0.717, 1.165) is 43.7 Å². The van der Waals surface area contributed by atoms with Gasteiger partial charge < -0.3 is 0 Å². The topological polar surface area (TPSA) is 20.3 Å². The van der Waals surface area contributed by atoms with Gasteiger partial charge in [-0.3, -0.25) is 9.69 Å². The van der Waals surface area contributed by atoms with Gasteiger partial charge in [-0.15, -0.1) is 0 Å². The third-order valence-corrected chi connectivity index (χ3v) is 4.43. The summed E-state index contributed by atoms with van der Waals surface area (Å²) in [6, 6.07) is 1.64. The number of piperidine rings is 1. The molecule has 0 amide bonds. The molecule has 2 bridgehead atoms. The molecule has 2 unspecified atom stereocenters. The zero-order chi connectivity index (χ0) is 9.54. The van der Waals surface area contributed by atoms with Crippen molar-refractivity contribution in [3.63, 3.8) is 0 Å². The number of likely N-dealkylation sites (tertiary alicyclic amines) is 1. The van der Waals surface area contributed by atoms with E-state index in [0.29, 0.717) is 5.78 Å². The SMILES string of the molecule is O=C1CCC(N2CC3CCC2C3)CC1. The molecule has 0 N–H and O–H groups in total. The molecule has 3 fully saturated rings. The largest absolute Gasteiger partial charge is 0.300 e. The first-order valence-corrected chi connectivity index (χ1v) is 6.10. The fourth-order valence-corrected chi connectivity index (χ4v) is 3.67. The molecule has 78 valence electrons. The molecule has 2 atom stereocenters. The number of hydrogen-bond donors (Lipinski definition) is 0. The molecule has 1 heterocycles. The van der Waals surface area contributed by atoms with Crippen molar-refractivity contribution in [1.82, 2.24) is 4.90 Å². The van der Waals surface area contributed by atoms with Gasteiger partial charge in [-0.2, -0.15) is 0 Å². The number of fused-ring (bicyclic) bond motifs is 2. The molecular weight excluding hydrogens is 174 g/mol. The fraction of sp³-hybridized carbons (Fsp3) is 0.917. The number of carbonyl (C=O) groups excluding carboxylic acids is 1. The quantitative estimate of drug-likeness (QED) is 0.634. The molecule has 1 saturated heterocycles. The molecule has 0 aromatic rings. The van der Waals surface area contributed by atoms with Crippen LogP contribution in [0.3, 0.4) is 0 Å². The first kappa shape index (κ1) is 8.90. The highest BCUT2D eigenvalue weighted by Crippen LogP contribution is 2.40. The third-order valence-electron chi connectivity index (χ3n) is 4.43. The van der Waals surface area contributed by atoms with E-state index in [1.165, 1.54) is 25.8 Å². The molecule has 2 heteroatoms. The van der Waals surface area contributed by atoms with Gasteiger partial charge in [-0.25, -0.2) is 0 Å². The Morgan fingerprint density at radius 2 is 1.79 bits per heavy atom. The monoisotopic (exact) mass is 193 g/mol. The van der Waals surface area contributed by atoms with Gasteiger partial charge in [0.05, 0.1) is 0 Å². The van der Waals surface area contributed by atoms with E-state index in [-0.39, 0.29) is 0 Å². The second-order valence-corrected chi connectivity index (χ2v) is 5.30. The first-order valence-electron chi connectivity index (χ1n) is 6.10. The highest BCUT2D eigenvalue weighted by Gasteiger charge is 2.41. The van der Waals surface area contributed by atoms with E-state index >= 15 is 0 Å². The van der Waals surface area contributed by atoms with Crippen LogP contribution in [-0.4, -0.2) is 29.3 Å². The van der Waals surface area contributed by atoms with Crippen LogP contribution < -0.4 is 0 Å². The molecule has 2 aliphatic carbocycles. The predicted molar refractivity (Wildman–Crippen MR) is 55.1 cm³/mol. The van der Waals surface area contributed by atoms with Crippen LogP contribution in [0.2, 0.25) is 0 Å². The van der Waals surface area contributed by atoms with E-state index in [1.807, 2.05) is 0 Å². The summed E-state index contributed by atoms with van der Waals surface area (Å²) in [5.74, 6) is 1.49. The molecule has 3 rings (SSSR count). The maximum atomic E-state index is 11.2. The Morgan fingerprint density at radius 3 is 2.36 bits per heavy atom. The van der Waals surface area contributed by atoms with Crippen LogP contribution in [0.25, 0.3) is 0 Å². The van der Waals surface area contributed by atoms with Crippen LogP contribution in [0.4, 0.5) is 0 Å². The molecule has 1 aliphatic heterocycles.